The van der Waals surface area contributed by atoms with E-state index in [2.05, 4.69) is 98.5 Å². The van der Waals surface area contributed by atoms with Gasteiger partial charge >= 0.3 is 0 Å². The lowest BCUT2D eigenvalue weighted by Crippen LogP contribution is -2.24. The minimum Gasteiger partial charge on any atom is -0.487 e. The molecule has 0 bridgehead atoms. The predicted octanol–water partition coefficient (Wildman–Crippen LogP) is 9.23. The van der Waals surface area contributed by atoms with Gasteiger partial charge < -0.3 is 18.8 Å². The Bertz CT molecular complexity index is 1690. The Morgan fingerprint density at radius 1 is 0.867 bits per heavy atom. The van der Waals surface area contributed by atoms with Crippen molar-refractivity contribution in [1.29, 1.82) is 0 Å². The molecule has 0 saturated heterocycles. The quantitative estimate of drug-likeness (QED) is 0.122. The highest BCUT2D eigenvalue weighted by atomic mass is 32.2. The summed E-state index contributed by atoms with van der Waals surface area (Å²) in [5.74, 6) is 1.46. The summed E-state index contributed by atoms with van der Waals surface area (Å²) in [4.78, 5) is 10.1. The van der Waals surface area contributed by atoms with Gasteiger partial charge in [0, 0.05) is 63.4 Å². The van der Waals surface area contributed by atoms with E-state index in [9.17, 15) is 0 Å². The molecule has 0 N–H and O–H groups in total. The zero-order chi connectivity index (χ0) is 32.0. The van der Waals surface area contributed by atoms with E-state index in [1.165, 1.54) is 27.1 Å². The van der Waals surface area contributed by atoms with Crippen molar-refractivity contribution in [2.75, 3.05) is 20.3 Å². The molecule has 5 rings (SSSR count). The highest BCUT2D eigenvalue weighted by Gasteiger charge is 2.28. The van der Waals surface area contributed by atoms with Gasteiger partial charge in [-0.2, -0.15) is 0 Å². The summed E-state index contributed by atoms with van der Waals surface area (Å²) in [6, 6.07) is 25.2. The minimum absolute atomic E-state index is 0.0246. The SMILES string of the molecule is CCOCC(C)(C)Cc1c(SC(C)(C)C)c2cc(OCc3ccccn3)ccc2n1Cc1ccc(-c2ccc(OC)nc2)cc1. The van der Waals surface area contributed by atoms with Crippen LogP contribution in [0, 0.1) is 5.41 Å². The Morgan fingerprint density at radius 2 is 1.64 bits per heavy atom. The van der Waals surface area contributed by atoms with Crippen molar-refractivity contribution in [3.8, 4) is 22.8 Å². The predicted molar refractivity (Wildman–Crippen MR) is 185 cm³/mol. The van der Waals surface area contributed by atoms with Crippen LogP contribution in [-0.2, 0) is 24.3 Å². The number of thioether (sulfide) groups is 1. The van der Waals surface area contributed by atoms with Gasteiger partial charge in [-0.1, -0.05) is 65.0 Å². The lowest BCUT2D eigenvalue weighted by molar-refractivity contribution is 0.0698. The molecule has 5 aromatic rings. The molecule has 0 unspecified atom stereocenters. The second-order valence-corrected chi connectivity index (χ2v) is 15.0. The molecule has 3 aromatic heterocycles. The maximum atomic E-state index is 6.26. The molecule has 0 amide bonds. The second-order valence-electron chi connectivity index (χ2n) is 13.1. The van der Waals surface area contributed by atoms with E-state index >= 15 is 0 Å². The fourth-order valence-electron chi connectivity index (χ4n) is 5.40. The van der Waals surface area contributed by atoms with E-state index in [4.69, 9.17) is 14.2 Å². The number of rotatable bonds is 13. The first-order chi connectivity index (χ1) is 21.5. The maximum Gasteiger partial charge on any atom is 0.212 e. The van der Waals surface area contributed by atoms with E-state index in [0.29, 0.717) is 25.7 Å². The average Bonchev–Trinajstić information content (AvgIpc) is 3.29. The third-order valence-electron chi connectivity index (χ3n) is 7.53. The molecule has 0 aliphatic rings. The molecule has 0 atom stereocenters. The van der Waals surface area contributed by atoms with Crippen LogP contribution in [0.15, 0.2) is 90.1 Å². The smallest absolute Gasteiger partial charge is 0.212 e. The van der Waals surface area contributed by atoms with Gasteiger partial charge in [0.1, 0.15) is 12.4 Å². The Balaban J connectivity index is 1.55. The van der Waals surface area contributed by atoms with Crippen LogP contribution in [-0.4, -0.2) is 39.6 Å². The van der Waals surface area contributed by atoms with Gasteiger partial charge in [-0.25, -0.2) is 4.98 Å². The molecule has 0 fully saturated rings. The van der Waals surface area contributed by atoms with Crippen molar-refractivity contribution in [2.24, 2.45) is 5.41 Å². The first-order valence-corrected chi connectivity index (χ1v) is 16.4. The van der Waals surface area contributed by atoms with Gasteiger partial charge in [0.25, 0.3) is 0 Å². The van der Waals surface area contributed by atoms with Crippen LogP contribution in [0.2, 0.25) is 0 Å². The lowest BCUT2D eigenvalue weighted by atomic mass is 9.88. The Kier molecular flexibility index (Phi) is 10.2. The third kappa shape index (κ3) is 8.47. The van der Waals surface area contributed by atoms with Crippen LogP contribution in [0.25, 0.3) is 22.0 Å². The van der Waals surface area contributed by atoms with Crippen molar-refractivity contribution in [1.82, 2.24) is 14.5 Å². The summed E-state index contributed by atoms with van der Waals surface area (Å²) in [6.07, 6.45) is 4.55. The summed E-state index contributed by atoms with van der Waals surface area (Å²) < 4.78 is 20.0. The number of nitrogens with zero attached hydrogens (tertiary/aromatic N) is 3. The number of hydrogen-bond donors (Lipinski definition) is 0. The number of pyridine rings is 2. The molecular formula is C38H45N3O3S. The number of benzene rings is 2. The van der Waals surface area contributed by atoms with Gasteiger partial charge in [-0.3, -0.25) is 4.98 Å². The molecule has 0 radical (unpaired) electrons. The first-order valence-electron chi connectivity index (χ1n) is 15.6. The Labute approximate surface area is 272 Å². The van der Waals surface area contributed by atoms with Gasteiger partial charge in [-0.15, -0.1) is 11.8 Å². The summed E-state index contributed by atoms with van der Waals surface area (Å²) in [6.45, 7) is 16.1. The lowest BCUT2D eigenvalue weighted by Gasteiger charge is -2.27. The Hall–Kier alpha value is -3.81. The summed E-state index contributed by atoms with van der Waals surface area (Å²) in [5.41, 5.74) is 6.84. The molecule has 7 heteroatoms. The van der Waals surface area contributed by atoms with Crippen molar-refractivity contribution < 1.29 is 14.2 Å². The standard InChI is InChI=1S/C38H45N3O3S/c1-8-43-26-38(5,6)22-34-36(45-37(2,3)4)32-21-31(44-25-30-11-9-10-20-39-30)17-18-33(32)41(34)24-27-12-14-28(15-13-27)29-16-19-35(42-7)40-23-29/h9-21,23H,8,22,24-26H2,1-7H3. The van der Waals surface area contributed by atoms with Crippen molar-refractivity contribution in [2.45, 2.75) is 70.8 Å². The van der Waals surface area contributed by atoms with Gasteiger partial charge in [0.05, 0.1) is 19.4 Å². The maximum absolute atomic E-state index is 6.26. The van der Waals surface area contributed by atoms with Crippen LogP contribution in [0.3, 0.4) is 0 Å². The van der Waals surface area contributed by atoms with E-state index in [1.54, 1.807) is 13.3 Å². The monoisotopic (exact) mass is 623 g/mol. The van der Waals surface area contributed by atoms with Crippen LogP contribution < -0.4 is 9.47 Å². The second kappa shape index (κ2) is 14.1. The molecule has 0 saturated carbocycles. The number of methoxy groups -OCH3 is 1. The largest absolute Gasteiger partial charge is 0.487 e. The molecule has 0 aliphatic carbocycles. The fraction of sp³-hybridized carbons (Fsp3) is 0.368. The molecule has 0 spiro atoms. The first kappa shape index (κ1) is 32.6. The molecule has 2 aromatic carbocycles. The third-order valence-corrected chi connectivity index (χ3v) is 8.80. The average molecular weight is 624 g/mol. The zero-order valence-electron chi connectivity index (χ0n) is 27.6. The summed E-state index contributed by atoms with van der Waals surface area (Å²) >= 11 is 1.93. The number of aromatic nitrogens is 3. The molecule has 236 valence electrons. The van der Waals surface area contributed by atoms with E-state index in [-0.39, 0.29) is 10.2 Å². The van der Waals surface area contributed by atoms with Crippen molar-refractivity contribution in [3.63, 3.8) is 0 Å². The fourth-order valence-corrected chi connectivity index (χ4v) is 6.59. The van der Waals surface area contributed by atoms with Crippen molar-refractivity contribution >= 4 is 22.7 Å². The summed E-state index contributed by atoms with van der Waals surface area (Å²) in [7, 11) is 1.63. The van der Waals surface area contributed by atoms with E-state index in [0.717, 1.165) is 35.5 Å². The van der Waals surface area contributed by atoms with Crippen LogP contribution >= 0.6 is 11.8 Å². The van der Waals surface area contributed by atoms with E-state index in [1.807, 2.05) is 48.3 Å². The molecule has 3 heterocycles. The van der Waals surface area contributed by atoms with Crippen molar-refractivity contribution in [3.05, 3.63) is 102 Å². The molecular weight excluding hydrogens is 579 g/mol. The van der Waals surface area contributed by atoms with Gasteiger partial charge in [0.15, 0.2) is 0 Å². The zero-order valence-corrected chi connectivity index (χ0v) is 28.4. The highest BCUT2D eigenvalue weighted by Crippen LogP contribution is 2.44. The minimum atomic E-state index is -0.0428. The summed E-state index contributed by atoms with van der Waals surface area (Å²) in [5, 5.41) is 1.22. The topological polar surface area (TPSA) is 58.4 Å². The Morgan fingerprint density at radius 3 is 2.29 bits per heavy atom. The number of hydrogen-bond acceptors (Lipinski definition) is 6. The molecule has 6 nitrogen and oxygen atoms in total. The van der Waals surface area contributed by atoms with Crippen LogP contribution in [0.4, 0.5) is 0 Å². The van der Waals surface area contributed by atoms with Crippen LogP contribution in [0.5, 0.6) is 11.6 Å². The van der Waals surface area contributed by atoms with E-state index < -0.39 is 0 Å². The highest BCUT2D eigenvalue weighted by molar-refractivity contribution is 8.00. The normalized spacial score (nSPS) is 12.1. The van der Waals surface area contributed by atoms with Crippen LogP contribution in [0.1, 0.15) is 58.5 Å². The number of fused-ring (bicyclic) bond motifs is 1. The van der Waals surface area contributed by atoms with Gasteiger partial charge in [-0.05, 0) is 66.3 Å². The molecule has 0 aliphatic heterocycles. The number of ether oxygens (including phenoxy) is 3. The molecule has 45 heavy (non-hydrogen) atoms. The van der Waals surface area contributed by atoms with Gasteiger partial charge in [0.2, 0.25) is 5.88 Å².